The second-order valence-corrected chi connectivity index (χ2v) is 8.38. The number of alkyl halides is 3. The normalized spacial score (nSPS) is 15.1. The molecule has 35 heavy (non-hydrogen) atoms. The molecule has 1 atom stereocenters. The zero-order chi connectivity index (χ0) is 24.7. The van der Waals surface area contributed by atoms with Gasteiger partial charge in [-0.2, -0.15) is 18.2 Å². The van der Waals surface area contributed by atoms with Gasteiger partial charge in [0.1, 0.15) is 5.76 Å². The number of carbonyl (C=O) groups excluding carboxylic acids is 1. The minimum Gasteiger partial charge on any atom is -0.455 e. The molecule has 4 aromatic rings. The van der Waals surface area contributed by atoms with Crippen molar-refractivity contribution in [1.82, 2.24) is 15.2 Å². The first-order valence-electron chi connectivity index (χ1n) is 10.4. The molecule has 7 nitrogen and oxygen atoms in total. The summed E-state index contributed by atoms with van der Waals surface area (Å²) in [5.74, 6) is 0.217. The standard InChI is InChI=1S/C24H17F3N4O3S/c1-13(32)31-17-9-4-3-8-16(17)20-21(28-23(35-2)30-29-20)34-22(31)19-11-10-18(33-19)14-6-5-7-15(12-14)24(25,26)27/h3-12,22H,1-2H3. The monoisotopic (exact) mass is 498 g/mol. The lowest BCUT2D eigenvalue weighted by Gasteiger charge is -2.28. The maximum absolute atomic E-state index is 13.2. The molecule has 0 spiro atoms. The SMILES string of the molecule is CSc1nnc2c(n1)OC(c1ccc(-c3cccc(C(F)(F)F)c3)o1)N(C(C)=O)c1ccccc1-2. The molecule has 1 aliphatic heterocycles. The highest BCUT2D eigenvalue weighted by molar-refractivity contribution is 7.98. The zero-order valence-electron chi connectivity index (χ0n) is 18.4. The van der Waals surface area contributed by atoms with Crippen LogP contribution in [0.2, 0.25) is 0 Å². The van der Waals surface area contributed by atoms with E-state index in [9.17, 15) is 18.0 Å². The van der Waals surface area contributed by atoms with Crippen molar-refractivity contribution in [2.75, 3.05) is 11.2 Å². The highest BCUT2D eigenvalue weighted by Crippen LogP contribution is 2.44. The Bertz CT molecular complexity index is 1420. The van der Waals surface area contributed by atoms with Crippen LogP contribution in [0.25, 0.3) is 22.6 Å². The number of nitrogens with zero attached hydrogens (tertiary/aromatic N) is 4. The number of hydrogen-bond acceptors (Lipinski definition) is 7. The van der Waals surface area contributed by atoms with Crippen LogP contribution in [0.5, 0.6) is 5.88 Å². The topological polar surface area (TPSA) is 81.3 Å². The number of benzene rings is 2. The number of thioether (sulfide) groups is 1. The van der Waals surface area contributed by atoms with Gasteiger partial charge in [0.15, 0.2) is 11.5 Å². The number of hydrogen-bond donors (Lipinski definition) is 0. The van der Waals surface area contributed by atoms with Crippen molar-refractivity contribution in [3.63, 3.8) is 0 Å². The molecular formula is C24H17F3N4O3S. The highest BCUT2D eigenvalue weighted by Gasteiger charge is 2.36. The molecule has 0 bridgehead atoms. The predicted octanol–water partition coefficient (Wildman–Crippen LogP) is 5.98. The van der Waals surface area contributed by atoms with Crippen LogP contribution in [-0.2, 0) is 11.0 Å². The summed E-state index contributed by atoms with van der Waals surface area (Å²) in [7, 11) is 0. The second-order valence-electron chi connectivity index (χ2n) is 7.61. The van der Waals surface area contributed by atoms with Crippen molar-refractivity contribution in [1.29, 1.82) is 0 Å². The van der Waals surface area contributed by atoms with Gasteiger partial charge in [0.05, 0.1) is 11.3 Å². The lowest BCUT2D eigenvalue weighted by molar-refractivity contribution is -0.137. The second kappa shape index (κ2) is 8.73. The molecule has 2 aromatic carbocycles. The molecule has 0 fully saturated rings. The molecule has 1 aliphatic rings. The Morgan fingerprint density at radius 3 is 2.60 bits per heavy atom. The first-order chi connectivity index (χ1) is 16.8. The van der Waals surface area contributed by atoms with Crippen LogP contribution in [0.3, 0.4) is 0 Å². The fourth-order valence-corrected chi connectivity index (χ4v) is 4.11. The summed E-state index contributed by atoms with van der Waals surface area (Å²) in [6.07, 6.45) is -3.78. The van der Waals surface area contributed by atoms with Gasteiger partial charge in [-0.25, -0.2) is 0 Å². The summed E-state index contributed by atoms with van der Waals surface area (Å²) in [4.78, 5) is 18.6. The molecule has 3 heterocycles. The van der Waals surface area contributed by atoms with E-state index in [1.165, 1.54) is 41.8 Å². The Morgan fingerprint density at radius 1 is 1.06 bits per heavy atom. The van der Waals surface area contributed by atoms with Gasteiger partial charge in [0, 0.05) is 18.1 Å². The lowest BCUT2D eigenvalue weighted by atomic mass is 10.1. The number of aromatic nitrogens is 3. The number of furan rings is 1. The zero-order valence-corrected chi connectivity index (χ0v) is 19.2. The predicted molar refractivity (Wildman–Crippen MR) is 123 cm³/mol. The van der Waals surface area contributed by atoms with Gasteiger partial charge in [-0.3, -0.25) is 9.69 Å². The molecule has 178 valence electrons. The summed E-state index contributed by atoms with van der Waals surface area (Å²) < 4.78 is 51.7. The number of carbonyl (C=O) groups is 1. The Labute approximate surface area is 201 Å². The molecule has 1 amide bonds. The van der Waals surface area contributed by atoms with Gasteiger partial charge in [0.2, 0.25) is 23.2 Å². The first-order valence-corrected chi connectivity index (χ1v) is 11.6. The molecule has 2 aromatic heterocycles. The fourth-order valence-electron chi connectivity index (χ4n) is 3.81. The van der Waals surface area contributed by atoms with Gasteiger partial charge in [-0.1, -0.05) is 42.1 Å². The summed E-state index contributed by atoms with van der Waals surface area (Å²) >= 11 is 1.28. The van der Waals surface area contributed by atoms with Crippen LogP contribution in [0.1, 0.15) is 24.5 Å². The average Bonchev–Trinajstić information content (AvgIpc) is 3.28. The third kappa shape index (κ3) is 4.23. The third-order valence-corrected chi connectivity index (χ3v) is 5.92. The minimum atomic E-state index is -4.49. The van der Waals surface area contributed by atoms with Crippen LogP contribution in [0, 0.1) is 0 Å². The van der Waals surface area contributed by atoms with Crippen molar-refractivity contribution < 1.29 is 27.1 Å². The van der Waals surface area contributed by atoms with Crippen LogP contribution in [0.15, 0.2) is 70.2 Å². The quantitative estimate of drug-likeness (QED) is 0.321. The van der Waals surface area contributed by atoms with E-state index >= 15 is 0 Å². The van der Waals surface area contributed by atoms with Crippen LogP contribution < -0.4 is 9.64 Å². The molecule has 11 heteroatoms. The summed E-state index contributed by atoms with van der Waals surface area (Å²) in [5, 5.41) is 8.73. The average molecular weight is 498 g/mol. The van der Waals surface area contributed by atoms with E-state index in [2.05, 4.69) is 15.2 Å². The number of ether oxygens (including phenoxy) is 1. The van der Waals surface area contributed by atoms with Crippen molar-refractivity contribution in [3.05, 3.63) is 72.0 Å². The molecule has 5 rings (SSSR count). The molecule has 0 saturated carbocycles. The van der Waals surface area contributed by atoms with E-state index in [1.807, 2.05) is 0 Å². The van der Waals surface area contributed by atoms with Crippen molar-refractivity contribution in [3.8, 4) is 28.5 Å². The maximum atomic E-state index is 13.2. The Hall–Kier alpha value is -3.86. The number of halogens is 3. The summed E-state index contributed by atoms with van der Waals surface area (Å²) in [6, 6.07) is 15.0. The smallest absolute Gasteiger partial charge is 0.416 e. The Kier molecular flexibility index (Phi) is 5.72. The third-order valence-electron chi connectivity index (χ3n) is 5.38. The van der Waals surface area contributed by atoms with E-state index < -0.39 is 18.0 Å². The molecule has 1 unspecified atom stereocenters. The molecular weight excluding hydrogens is 481 g/mol. The van der Waals surface area contributed by atoms with Gasteiger partial charge >= 0.3 is 6.18 Å². The molecule has 0 aliphatic carbocycles. The van der Waals surface area contributed by atoms with E-state index in [0.717, 1.165) is 12.1 Å². The largest absolute Gasteiger partial charge is 0.455 e. The summed E-state index contributed by atoms with van der Waals surface area (Å²) in [5.41, 5.74) is 0.908. The Balaban J connectivity index is 1.63. The van der Waals surface area contributed by atoms with Gasteiger partial charge in [-0.15, -0.1) is 10.2 Å². The van der Waals surface area contributed by atoms with Crippen molar-refractivity contribution >= 4 is 23.4 Å². The number of anilines is 1. The van der Waals surface area contributed by atoms with E-state index in [4.69, 9.17) is 9.15 Å². The Morgan fingerprint density at radius 2 is 1.86 bits per heavy atom. The van der Waals surface area contributed by atoms with Crippen LogP contribution in [-0.4, -0.2) is 27.3 Å². The first kappa shape index (κ1) is 22.9. The van der Waals surface area contributed by atoms with E-state index in [1.54, 1.807) is 36.6 Å². The number of rotatable bonds is 3. The molecule has 0 N–H and O–H groups in total. The fraction of sp³-hybridized carbons (Fsp3) is 0.167. The minimum absolute atomic E-state index is 0.155. The number of fused-ring (bicyclic) bond motifs is 3. The van der Waals surface area contributed by atoms with Gasteiger partial charge < -0.3 is 9.15 Å². The molecule has 0 radical (unpaired) electrons. The van der Waals surface area contributed by atoms with Crippen LogP contribution in [0.4, 0.5) is 18.9 Å². The number of para-hydroxylation sites is 1. The van der Waals surface area contributed by atoms with E-state index in [-0.39, 0.29) is 28.9 Å². The van der Waals surface area contributed by atoms with Crippen molar-refractivity contribution in [2.24, 2.45) is 0 Å². The van der Waals surface area contributed by atoms with Crippen molar-refractivity contribution in [2.45, 2.75) is 24.5 Å². The maximum Gasteiger partial charge on any atom is 0.416 e. The highest BCUT2D eigenvalue weighted by atomic mass is 32.2. The lowest BCUT2D eigenvalue weighted by Crippen LogP contribution is -2.35. The van der Waals surface area contributed by atoms with Crippen LogP contribution >= 0.6 is 11.8 Å². The van der Waals surface area contributed by atoms with Gasteiger partial charge in [-0.05, 0) is 36.6 Å². The van der Waals surface area contributed by atoms with E-state index in [0.29, 0.717) is 22.1 Å². The molecule has 0 saturated heterocycles. The summed E-state index contributed by atoms with van der Waals surface area (Å²) in [6.45, 7) is 1.38. The number of amides is 1. The van der Waals surface area contributed by atoms with Gasteiger partial charge in [0.25, 0.3) is 0 Å².